The molecule has 1 atom stereocenters. The highest BCUT2D eigenvalue weighted by Crippen LogP contribution is 2.04. The topological polar surface area (TPSA) is 71.2 Å². The lowest BCUT2D eigenvalue weighted by molar-refractivity contribution is -0.121. The second kappa shape index (κ2) is 8.29. The zero-order chi connectivity index (χ0) is 16.7. The van der Waals surface area contributed by atoms with Gasteiger partial charge in [-0.05, 0) is 31.7 Å². The largest absolute Gasteiger partial charge is 0.397 e. The quantitative estimate of drug-likeness (QED) is 0.818. The normalized spacial score (nSPS) is 12.1. The fourth-order valence-corrected chi connectivity index (χ4v) is 2.50. The highest BCUT2D eigenvalue weighted by atomic mass is 16.1. The van der Waals surface area contributed by atoms with Crippen LogP contribution in [0.1, 0.15) is 18.2 Å². The molecule has 1 aromatic carbocycles. The Morgan fingerprint density at radius 1 is 1.26 bits per heavy atom. The van der Waals surface area contributed by atoms with Gasteiger partial charge in [0.1, 0.15) is 0 Å². The zero-order valence-corrected chi connectivity index (χ0v) is 13.7. The van der Waals surface area contributed by atoms with Crippen molar-refractivity contribution in [1.29, 1.82) is 0 Å². The number of nitrogens with zero attached hydrogens (tertiary/aromatic N) is 2. The molecule has 1 heterocycles. The molecule has 1 unspecified atom stereocenters. The van der Waals surface area contributed by atoms with E-state index in [0.29, 0.717) is 5.69 Å². The first-order valence-corrected chi connectivity index (χ1v) is 7.75. The maximum absolute atomic E-state index is 12.0. The molecule has 2 rings (SSSR count). The number of anilines is 1. The maximum Gasteiger partial charge on any atom is 0.226 e. The van der Waals surface area contributed by atoms with E-state index in [1.54, 1.807) is 18.3 Å². The molecule has 122 valence electrons. The number of hydrogen-bond donors (Lipinski definition) is 2. The van der Waals surface area contributed by atoms with Crippen molar-refractivity contribution in [1.82, 2.24) is 15.2 Å². The Kier molecular flexibility index (Phi) is 6.11. The minimum absolute atomic E-state index is 0.0251. The molecular weight excluding hydrogens is 288 g/mol. The van der Waals surface area contributed by atoms with E-state index < -0.39 is 0 Å². The van der Waals surface area contributed by atoms with E-state index in [2.05, 4.69) is 34.4 Å². The highest BCUT2D eigenvalue weighted by Gasteiger charge is 2.11. The molecule has 0 bridgehead atoms. The number of amides is 1. The lowest BCUT2D eigenvalue weighted by atomic mass is 10.2. The van der Waals surface area contributed by atoms with E-state index in [1.807, 2.05) is 25.1 Å². The van der Waals surface area contributed by atoms with Gasteiger partial charge in [-0.3, -0.25) is 9.78 Å². The van der Waals surface area contributed by atoms with E-state index >= 15 is 0 Å². The van der Waals surface area contributed by atoms with Crippen LogP contribution in [-0.4, -0.2) is 35.4 Å². The van der Waals surface area contributed by atoms with Crippen molar-refractivity contribution in [2.24, 2.45) is 0 Å². The van der Waals surface area contributed by atoms with Crippen molar-refractivity contribution < 1.29 is 4.79 Å². The number of pyridine rings is 1. The number of hydrogen-bond acceptors (Lipinski definition) is 4. The monoisotopic (exact) mass is 312 g/mol. The first-order valence-electron chi connectivity index (χ1n) is 7.75. The number of nitrogens with one attached hydrogen (secondary N) is 1. The number of rotatable bonds is 7. The lowest BCUT2D eigenvalue weighted by Crippen LogP contribution is -2.41. The number of nitrogen functional groups attached to an aromatic ring is 1. The second-order valence-corrected chi connectivity index (χ2v) is 5.91. The summed E-state index contributed by atoms with van der Waals surface area (Å²) in [7, 11) is 2.05. The van der Waals surface area contributed by atoms with Crippen LogP contribution < -0.4 is 11.1 Å². The molecule has 0 fully saturated rings. The van der Waals surface area contributed by atoms with E-state index in [0.717, 1.165) is 18.8 Å². The van der Waals surface area contributed by atoms with Gasteiger partial charge in [0.05, 0.1) is 18.3 Å². The maximum atomic E-state index is 12.0. The predicted molar refractivity (Wildman–Crippen MR) is 92.7 cm³/mol. The Morgan fingerprint density at radius 2 is 2.00 bits per heavy atom. The van der Waals surface area contributed by atoms with Crippen LogP contribution in [0.15, 0.2) is 48.7 Å². The van der Waals surface area contributed by atoms with Crippen LogP contribution >= 0.6 is 0 Å². The zero-order valence-electron chi connectivity index (χ0n) is 13.7. The summed E-state index contributed by atoms with van der Waals surface area (Å²) in [4.78, 5) is 18.4. The van der Waals surface area contributed by atoms with Gasteiger partial charge >= 0.3 is 0 Å². The van der Waals surface area contributed by atoms with E-state index in [9.17, 15) is 4.79 Å². The van der Waals surface area contributed by atoms with E-state index in [-0.39, 0.29) is 18.4 Å². The summed E-state index contributed by atoms with van der Waals surface area (Å²) < 4.78 is 0. The molecule has 0 saturated carbocycles. The van der Waals surface area contributed by atoms with Crippen molar-refractivity contribution in [3.05, 3.63) is 59.9 Å². The van der Waals surface area contributed by atoms with Crippen molar-refractivity contribution in [3.63, 3.8) is 0 Å². The third kappa shape index (κ3) is 6.08. The van der Waals surface area contributed by atoms with Gasteiger partial charge in [-0.2, -0.15) is 0 Å². The SMILES string of the molecule is CC(CN(C)Cc1ccccc1)NC(=O)Cc1ccc(N)cn1. The predicted octanol–water partition coefficient (Wildman–Crippen LogP) is 1.84. The summed E-state index contributed by atoms with van der Waals surface area (Å²) in [5.41, 5.74) is 8.18. The molecule has 5 heteroatoms. The summed E-state index contributed by atoms with van der Waals surface area (Å²) >= 11 is 0. The van der Waals surface area contributed by atoms with Gasteiger partial charge in [-0.15, -0.1) is 0 Å². The molecule has 0 aliphatic rings. The lowest BCUT2D eigenvalue weighted by Gasteiger charge is -2.22. The third-order valence-corrected chi connectivity index (χ3v) is 3.48. The van der Waals surface area contributed by atoms with Gasteiger partial charge in [0, 0.05) is 24.8 Å². The summed E-state index contributed by atoms with van der Waals surface area (Å²) in [6.07, 6.45) is 1.84. The Hall–Kier alpha value is -2.40. The van der Waals surface area contributed by atoms with Crippen molar-refractivity contribution in [3.8, 4) is 0 Å². The second-order valence-electron chi connectivity index (χ2n) is 5.91. The first-order chi connectivity index (χ1) is 11.0. The van der Waals surface area contributed by atoms with Crippen LogP contribution in [0.25, 0.3) is 0 Å². The number of carbonyl (C=O) groups excluding carboxylic acids is 1. The molecule has 0 aliphatic heterocycles. The molecule has 3 N–H and O–H groups in total. The number of aromatic nitrogens is 1. The molecule has 2 aromatic rings. The molecule has 5 nitrogen and oxygen atoms in total. The molecule has 0 radical (unpaired) electrons. The minimum atomic E-state index is -0.0251. The number of carbonyl (C=O) groups is 1. The van der Waals surface area contributed by atoms with Crippen LogP contribution in [-0.2, 0) is 17.8 Å². The Labute approximate surface area is 137 Å². The third-order valence-electron chi connectivity index (χ3n) is 3.48. The Morgan fingerprint density at radius 3 is 2.65 bits per heavy atom. The van der Waals surface area contributed by atoms with Crippen LogP contribution in [0.3, 0.4) is 0 Å². The Balaban J connectivity index is 1.76. The minimum Gasteiger partial charge on any atom is -0.397 e. The number of nitrogens with two attached hydrogens (primary N) is 1. The smallest absolute Gasteiger partial charge is 0.226 e. The average Bonchev–Trinajstić information content (AvgIpc) is 2.50. The molecule has 1 amide bonds. The van der Waals surface area contributed by atoms with E-state index in [4.69, 9.17) is 5.73 Å². The summed E-state index contributed by atoms with van der Waals surface area (Å²) in [6, 6.07) is 13.9. The van der Waals surface area contributed by atoms with Gasteiger partial charge in [0.25, 0.3) is 0 Å². The Bertz CT molecular complexity index is 613. The standard InChI is InChI=1S/C18H24N4O/c1-14(12-22(2)13-15-6-4-3-5-7-15)21-18(23)10-17-9-8-16(19)11-20-17/h3-9,11,14H,10,12-13,19H2,1-2H3,(H,21,23). The van der Waals surface area contributed by atoms with Gasteiger partial charge < -0.3 is 16.0 Å². The van der Waals surface area contributed by atoms with Crippen LogP contribution in [0.5, 0.6) is 0 Å². The van der Waals surface area contributed by atoms with Gasteiger partial charge in [-0.1, -0.05) is 30.3 Å². The molecular formula is C18H24N4O. The summed E-state index contributed by atoms with van der Waals surface area (Å²) in [5.74, 6) is -0.0251. The number of likely N-dealkylation sites (N-methyl/N-ethyl adjacent to an activating group) is 1. The average molecular weight is 312 g/mol. The van der Waals surface area contributed by atoms with Gasteiger partial charge in [-0.25, -0.2) is 0 Å². The van der Waals surface area contributed by atoms with Crippen LogP contribution in [0, 0.1) is 0 Å². The molecule has 0 saturated heterocycles. The first kappa shape index (κ1) is 17.0. The summed E-state index contributed by atoms with van der Waals surface area (Å²) in [5, 5.41) is 3.01. The van der Waals surface area contributed by atoms with Gasteiger partial charge in [0.15, 0.2) is 0 Å². The molecule has 23 heavy (non-hydrogen) atoms. The molecule has 1 aromatic heterocycles. The molecule has 0 aliphatic carbocycles. The van der Waals surface area contributed by atoms with E-state index in [1.165, 1.54) is 5.56 Å². The fourth-order valence-electron chi connectivity index (χ4n) is 2.50. The number of benzene rings is 1. The van der Waals surface area contributed by atoms with Crippen LogP contribution in [0.4, 0.5) is 5.69 Å². The molecule has 0 spiro atoms. The fraction of sp³-hybridized carbons (Fsp3) is 0.333. The van der Waals surface area contributed by atoms with Crippen molar-refractivity contribution in [2.75, 3.05) is 19.3 Å². The highest BCUT2D eigenvalue weighted by molar-refractivity contribution is 5.78. The summed E-state index contributed by atoms with van der Waals surface area (Å²) in [6.45, 7) is 3.66. The van der Waals surface area contributed by atoms with Gasteiger partial charge in [0.2, 0.25) is 5.91 Å². The van der Waals surface area contributed by atoms with Crippen molar-refractivity contribution >= 4 is 11.6 Å². The van der Waals surface area contributed by atoms with Crippen LogP contribution in [0.2, 0.25) is 0 Å². The van der Waals surface area contributed by atoms with Crippen molar-refractivity contribution in [2.45, 2.75) is 25.9 Å².